The molecule has 1 amide bonds. The number of likely N-dealkylation sites (N-methyl/N-ethyl adjacent to an activating group) is 1. The van der Waals surface area contributed by atoms with Gasteiger partial charge in [-0.1, -0.05) is 13.8 Å². The number of amides is 1. The Morgan fingerprint density at radius 1 is 1.40 bits per heavy atom. The molecule has 0 bridgehead atoms. The van der Waals surface area contributed by atoms with Crippen molar-refractivity contribution < 1.29 is 9.53 Å². The first-order chi connectivity index (χ1) is 7.04. The van der Waals surface area contributed by atoms with Crippen LogP contribution in [-0.4, -0.2) is 43.2 Å². The topological polar surface area (TPSA) is 55.6 Å². The van der Waals surface area contributed by atoms with E-state index in [0.29, 0.717) is 6.04 Å². The number of nitrogens with zero attached hydrogens (tertiary/aromatic N) is 1. The van der Waals surface area contributed by atoms with E-state index < -0.39 is 0 Å². The molecule has 4 nitrogen and oxygen atoms in total. The van der Waals surface area contributed by atoms with Crippen LogP contribution in [0.5, 0.6) is 0 Å². The Labute approximate surface area is 91.8 Å². The number of carbonyl (C=O) groups is 1. The lowest BCUT2D eigenvalue weighted by Crippen LogP contribution is -2.50. The van der Waals surface area contributed by atoms with Crippen molar-refractivity contribution in [1.82, 2.24) is 4.90 Å². The first-order valence-electron chi connectivity index (χ1n) is 5.64. The van der Waals surface area contributed by atoms with Crippen LogP contribution in [0.1, 0.15) is 26.7 Å². The van der Waals surface area contributed by atoms with Crippen molar-refractivity contribution in [3.8, 4) is 0 Å². The summed E-state index contributed by atoms with van der Waals surface area (Å²) in [7, 11) is 1.85. The van der Waals surface area contributed by atoms with Crippen molar-refractivity contribution in [2.24, 2.45) is 11.7 Å². The van der Waals surface area contributed by atoms with E-state index >= 15 is 0 Å². The van der Waals surface area contributed by atoms with Crippen molar-refractivity contribution in [1.29, 1.82) is 0 Å². The third kappa shape index (κ3) is 3.18. The summed E-state index contributed by atoms with van der Waals surface area (Å²) in [6.07, 6.45) is 1.85. The molecule has 1 aliphatic heterocycles. The predicted molar refractivity (Wildman–Crippen MR) is 59.4 cm³/mol. The van der Waals surface area contributed by atoms with Gasteiger partial charge in [0.05, 0.1) is 6.04 Å². The number of hydrogen-bond donors (Lipinski definition) is 1. The fraction of sp³-hybridized carbons (Fsp3) is 0.909. The fourth-order valence-electron chi connectivity index (χ4n) is 1.77. The maximum atomic E-state index is 11.9. The van der Waals surface area contributed by atoms with Gasteiger partial charge in [-0.15, -0.1) is 0 Å². The molecule has 1 saturated heterocycles. The minimum atomic E-state index is -0.377. The average molecular weight is 214 g/mol. The Balaban J connectivity index is 2.50. The van der Waals surface area contributed by atoms with Crippen LogP contribution in [0.4, 0.5) is 0 Å². The molecule has 15 heavy (non-hydrogen) atoms. The van der Waals surface area contributed by atoms with Crippen LogP contribution in [0.3, 0.4) is 0 Å². The molecule has 1 fully saturated rings. The third-order valence-electron chi connectivity index (χ3n) is 3.09. The largest absolute Gasteiger partial charge is 0.381 e. The second-order valence-electron chi connectivity index (χ2n) is 4.56. The summed E-state index contributed by atoms with van der Waals surface area (Å²) in [6, 6.07) is -0.0751. The molecule has 1 rings (SSSR count). The van der Waals surface area contributed by atoms with Crippen LogP contribution >= 0.6 is 0 Å². The van der Waals surface area contributed by atoms with E-state index in [1.54, 1.807) is 4.90 Å². The van der Waals surface area contributed by atoms with Gasteiger partial charge in [0, 0.05) is 26.3 Å². The van der Waals surface area contributed by atoms with E-state index in [4.69, 9.17) is 10.5 Å². The Kier molecular flexibility index (Phi) is 4.54. The van der Waals surface area contributed by atoms with Gasteiger partial charge >= 0.3 is 0 Å². The molecule has 0 aromatic carbocycles. The minimum absolute atomic E-state index is 0.0527. The molecular formula is C11H22N2O2. The summed E-state index contributed by atoms with van der Waals surface area (Å²) in [5.74, 6) is 0.247. The number of nitrogens with two attached hydrogens (primary N) is 1. The predicted octanol–water partition coefficient (Wildman–Crippen LogP) is 0.607. The monoisotopic (exact) mass is 214 g/mol. The van der Waals surface area contributed by atoms with Crippen molar-refractivity contribution >= 4 is 5.91 Å². The standard InChI is InChI=1S/C11H22N2O2/c1-8(2)10(12)11(14)13(3)9-4-6-15-7-5-9/h8-10H,4-7,12H2,1-3H3/t10-/m0/s1. The number of ether oxygens (including phenoxy) is 1. The van der Waals surface area contributed by atoms with E-state index in [1.165, 1.54) is 0 Å². The molecule has 1 heterocycles. The summed E-state index contributed by atoms with van der Waals surface area (Å²) in [5.41, 5.74) is 5.85. The fourth-order valence-corrected chi connectivity index (χ4v) is 1.77. The van der Waals surface area contributed by atoms with Gasteiger partial charge in [-0.3, -0.25) is 4.79 Å². The average Bonchev–Trinajstić information content (AvgIpc) is 2.27. The molecule has 4 heteroatoms. The summed E-state index contributed by atoms with van der Waals surface area (Å²) >= 11 is 0. The molecule has 1 atom stereocenters. The van der Waals surface area contributed by atoms with Crippen LogP contribution in [0.15, 0.2) is 0 Å². The maximum Gasteiger partial charge on any atom is 0.239 e. The lowest BCUT2D eigenvalue weighted by atomic mass is 10.0. The highest BCUT2D eigenvalue weighted by atomic mass is 16.5. The van der Waals surface area contributed by atoms with Gasteiger partial charge in [-0.05, 0) is 18.8 Å². The zero-order chi connectivity index (χ0) is 11.4. The Bertz CT molecular complexity index is 213. The highest BCUT2D eigenvalue weighted by Gasteiger charge is 2.27. The molecule has 0 saturated carbocycles. The minimum Gasteiger partial charge on any atom is -0.381 e. The normalized spacial score (nSPS) is 20.3. The third-order valence-corrected chi connectivity index (χ3v) is 3.09. The number of rotatable bonds is 3. The van der Waals surface area contributed by atoms with Crippen LogP contribution in [-0.2, 0) is 9.53 Å². The van der Waals surface area contributed by atoms with Crippen molar-refractivity contribution in [3.05, 3.63) is 0 Å². The summed E-state index contributed by atoms with van der Waals surface area (Å²) in [6.45, 7) is 5.44. The quantitative estimate of drug-likeness (QED) is 0.749. The zero-order valence-electron chi connectivity index (χ0n) is 9.90. The first-order valence-corrected chi connectivity index (χ1v) is 5.64. The highest BCUT2D eigenvalue weighted by molar-refractivity contribution is 5.81. The molecule has 0 aromatic rings. The van der Waals surface area contributed by atoms with Gasteiger partial charge < -0.3 is 15.4 Å². The van der Waals surface area contributed by atoms with Crippen molar-refractivity contribution in [3.63, 3.8) is 0 Å². The molecule has 0 aliphatic carbocycles. The molecule has 0 unspecified atom stereocenters. The molecule has 0 spiro atoms. The molecule has 88 valence electrons. The second-order valence-corrected chi connectivity index (χ2v) is 4.56. The summed E-state index contributed by atoms with van der Waals surface area (Å²) < 4.78 is 5.27. The zero-order valence-corrected chi connectivity index (χ0v) is 9.90. The lowest BCUT2D eigenvalue weighted by molar-refractivity contribution is -0.136. The number of carbonyl (C=O) groups excluding carboxylic acids is 1. The summed E-state index contributed by atoms with van der Waals surface area (Å²) in [5, 5.41) is 0. The van der Waals surface area contributed by atoms with Crippen molar-refractivity contribution in [2.45, 2.75) is 38.8 Å². The molecular weight excluding hydrogens is 192 g/mol. The van der Waals surface area contributed by atoms with Crippen LogP contribution in [0.2, 0.25) is 0 Å². The Morgan fingerprint density at radius 3 is 2.40 bits per heavy atom. The van der Waals surface area contributed by atoms with E-state index in [0.717, 1.165) is 26.1 Å². The van der Waals surface area contributed by atoms with Gasteiger partial charge in [0.2, 0.25) is 5.91 Å². The number of hydrogen-bond acceptors (Lipinski definition) is 3. The summed E-state index contributed by atoms with van der Waals surface area (Å²) in [4.78, 5) is 13.7. The van der Waals surface area contributed by atoms with Crippen molar-refractivity contribution in [2.75, 3.05) is 20.3 Å². The lowest BCUT2D eigenvalue weighted by Gasteiger charge is -2.33. The maximum absolute atomic E-state index is 11.9. The molecule has 0 radical (unpaired) electrons. The van der Waals surface area contributed by atoms with Gasteiger partial charge in [-0.2, -0.15) is 0 Å². The van der Waals surface area contributed by atoms with Gasteiger partial charge in [0.15, 0.2) is 0 Å². The van der Waals surface area contributed by atoms with Gasteiger partial charge in [-0.25, -0.2) is 0 Å². The van der Waals surface area contributed by atoms with Crippen LogP contribution in [0.25, 0.3) is 0 Å². The van der Waals surface area contributed by atoms with Crippen LogP contribution in [0, 0.1) is 5.92 Å². The first kappa shape index (κ1) is 12.5. The van der Waals surface area contributed by atoms with E-state index in [1.807, 2.05) is 20.9 Å². The SMILES string of the molecule is CC(C)[C@H](N)C(=O)N(C)C1CCOCC1. The molecule has 1 aliphatic rings. The second kappa shape index (κ2) is 5.47. The van der Waals surface area contributed by atoms with E-state index in [2.05, 4.69) is 0 Å². The smallest absolute Gasteiger partial charge is 0.239 e. The molecule has 2 N–H and O–H groups in total. The van der Waals surface area contributed by atoms with Gasteiger partial charge in [0.25, 0.3) is 0 Å². The van der Waals surface area contributed by atoms with Gasteiger partial charge in [0.1, 0.15) is 0 Å². The Morgan fingerprint density at radius 2 is 1.93 bits per heavy atom. The highest BCUT2D eigenvalue weighted by Crippen LogP contribution is 2.14. The molecule has 0 aromatic heterocycles. The van der Waals surface area contributed by atoms with E-state index in [-0.39, 0.29) is 17.9 Å². The Hall–Kier alpha value is -0.610. The van der Waals surface area contributed by atoms with E-state index in [9.17, 15) is 4.79 Å². The van der Waals surface area contributed by atoms with Crippen LogP contribution < -0.4 is 5.73 Å².